The van der Waals surface area contributed by atoms with Gasteiger partial charge in [0.05, 0.1) is 10.6 Å². The molecule has 0 fully saturated rings. The van der Waals surface area contributed by atoms with E-state index in [2.05, 4.69) is 25.7 Å². The second kappa shape index (κ2) is 12.5. The van der Waals surface area contributed by atoms with E-state index in [0.29, 0.717) is 36.6 Å². The number of guanidine groups is 1. The maximum atomic E-state index is 12.3. The molecule has 1 unspecified atom stereocenters. The standard InChI is InChI=1S/C19H29N5O6S2/c1-2-3-11-32(29,30)24-14(18(27)28)12-22-17(26)15-7-5-13(31-15)6-8-16(25)23-19-20-9-4-10-21-19/h5,7,14,24H,2-4,6,8-12H2,1H3,(H,22,26)(H,27,28)(H2,20,21,23,25). The number of amides is 2. The first-order valence-electron chi connectivity index (χ1n) is 10.4. The Balaban J connectivity index is 1.82. The average molecular weight is 488 g/mol. The molecule has 32 heavy (non-hydrogen) atoms. The lowest BCUT2D eigenvalue weighted by atomic mass is 10.2. The maximum Gasteiger partial charge on any atom is 0.323 e. The molecule has 5 N–H and O–H groups in total. The van der Waals surface area contributed by atoms with Gasteiger partial charge in [0.2, 0.25) is 15.9 Å². The Morgan fingerprint density at radius 3 is 2.75 bits per heavy atom. The summed E-state index contributed by atoms with van der Waals surface area (Å²) in [5, 5.41) is 17.4. The molecule has 0 bridgehead atoms. The van der Waals surface area contributed by atoms with E-state index in [4.69, 9.17) is 0 Å². The summed E-state index contributed by atoms with van der Waals surface area (Å²) >= 11 is 1.19. The number of aryl methyl sites for hydroxylation is 1. The zero-order valence-electron chi connectivity index (χ0n) is 17.8. The molecule has 0 aliphatic carbocycles. The molecule has 1 aliphatic rings. The third-order valence-corrected chi connectivity index (χ3v) is 7.11. The molecule has 2 heterocycles. The Kier molecular flexibility index (Phi) is 10.1. The maximum absolute atomic E-state index is 12.3. The van der Waals surface area contributed by atoms with E-state index in [0.717, 1.165) is 17.8 Å². The smallest absolute Gasteiger partial charge is 0.323 e. The molecule has 0 aromatic carbocycles. The third-order valence-electron chi connectivity index (χ3n) is 4.49. The van der Waals surface area contributed by atoms with Gasteiger partial charge in [0.15, 0.2) is 5.96 Å². The van der Waals surface area contributed by atoms with E-state index in [1.165, 1.54) is 11.3 Å². The fourth-order valence-corrected chi connectivity index (χ4v) is 5.08. The van der Waals surface area contributed by atoms with E-state index >= 15 is 0 Å². The van der Waals surface area contributed by atoms with Crippen LogP contribution in [0.5, 0.6) is 0 Å². The number of hydrogen-bond acceptors (Lipinski definition) is 8. The first kappa shape index (κ1) is 25.7. The van der Waals surface area contributed by atoms with Crippen LogP contribution in [0.25, 0.3) is 0 Å². The molecular weight excluding hydrogens is 458 g/mol. The third kappa shape index (κ3) is 8.93. The number of thiophene rings is 1. The van der Waals surface area contributed by atoms with Gasteiger partial charge in [0, 0.05) is 30.9 Å². The number of aliphatic imine (C=N–C) groups is 1. The molecule has 1 aromatic rings. The summed E-state index contributed by atoms with van der Waals surface area (Å²) in [6, 6.07) is 1.85. The highest BCUT2D eigenvalue weighted by molar-refractivity contribution is 7.89. The van der Waals surface area contributed by atoms with Crippen molar-refractivity contribution in [1.82, 2.24) is 20.7 Å². The molecule has 178 valence electrons. The van der Waals surface area contributed by atoms with Crippen molar-refractivity contribution in [3.63, 3.8) is 0 Å². The molecule has 0 saturated carbocycles. The second-order valence-electron chi connectivity index (χ2n) is 7.22. The molecule has 1 aliphatic heterocycles. The van der Waals surface area contributed by atoms with Crippen LogP contribution in [0.1, 0.15) is 47.2 Å². The van der Waals surface area contributed by atoms with Gasteiger partial charge in [-0.05, 0) is 31.4 Å². The molecule has 1 atom stereocenters. The van der Waals surface area contributed by atoms with E-state index < -0.39 is 27.9 Å². The van der Waals surface area contributed by atoms with Crippen LogP contribution in [0.2, 0.25) is 0 Å². The molecule has 0 radical (unpaired) electrons. The lowest BCUT2D eigenvalue weighted by Gasteiger charge is -2.15. The van der Waals surface area contributed by atoms with E-state index in [1.54, 1.807) is 12.1 Å². The van der Waals surface area contributed by atoms with Crippen molar-refractivity contribution in [3.05, 3.63) is 21.9 Å². The van der Waals surface area contributed by atoms with Crippen molar-refractivity contribution in [2.75, 3.05) is 25.4 Å². The summed E-state index contributed by atoms with van der Waals surface area (Å²) in [7, 11) is -3.75. The van der Waals surface area contributed by atoms with Gasteiger partial charge < -0.3 is 15.7 Å². The number of nitrogens with zero attached hydrogens (tertiary/aromatic N) is 1. The first-order valence-corrected chi connectivity index (χ1v) is 12.8. The van der Waals surface area contributed by atoms with E-state index in [1.807, 2.05) is 6.92 Å². The lowest BCUT2D eigenvalue weighted by molar-refractivity contribution is -0.138. The Hall–Kier alpha value is -2.51. The van der Waals surface area contributed by atoms with Gasteiger partial charge in [0.25, 0.3) is 5.91 Å². The molecule has 11 nitrogen and oxygen atoms in total. The average Bonchev–Trinajstić information content (AvgIpc) is 3.23. The fraction of sp³-hybridized carbons (Fsp3) is 0.579. The number of carbonyl (C=O) groups is 3. The van der Waals surface area contributed by atoms with Crippen LogP contribution in [0.4, 0.5) is 0 Å². The van der Waals surface area contributed by atoms with Crippen LogP contribution in [0.3, 0.4) is 0 Å². The normalized spacial score (nSPS) is 14.7. The van der Waals surface area contributed by atoms with Gasteiger partial charge in [0.1, 0.15) is 6.04 Å². The lowest BCUT2D eigenvalue weighted by Crippen LogP contribution is -2.48. The van der Waals surface area contributed by atoms with Crippen LogP contribution in [0.15, 0.2) is 17.1 Å². The molecule has 2 rings (SSSR count). The topological polar surface area (TPSA) is 166 Å². The van der Waals surface area contributed by atoms with Crippen molar-refractivity contribution in [2.24, 2.45) is 4.99 Å². The Bertz CT molecular complexity index is 944. The van der Waals surface area contributed by atoms with Gasteiger partial charge in [-0.15, -0.1) is 11.3 Å². The predicted octanol–water partition coefficient (Wildman–Crippen LogP) is 0.0487. The van der Waals surface area contributed by atoms with Crippen LogP contribution in [0, 0.1) is 0 Å². The number of carboxylic acid groups (broad SMARTS) is 1. The number of hydrogen-bond donors (Lipinski definition) is 5. The van der Waals surface area contributed by atoms with Gasteiger partial charge in [-0.3, -0.25) is 24.7 Å². The summed E-state index contributed by atoms with van der Waals surface area (Å²) in [6.45, 7) is 2.89. The zero-order valence-corrected chi connectivity index (χ0v) is 19.5. The zero-order chi connectivity index (χ0) is 23.6. The van der Waals surface area contributed by atoms with Crippen LogP contribution in [-0.4, -0.2) is 68.7 Å². The summed E-state index contributed by atoms with van der Waals surface area (Å²) in [5.74, 6) is -1.76. The highest BCUT2D eigenvalue weighted by atomic mass is 32.2. The summed E-state index contributed by atoms with van der Waals surface area (Å²) in [5.41, 5.74) is 0. The Labute approximate surface area is 191 Å². The molecule has 0 saturated heterocycles. The van der Waals surface area contributed by atoms with Crippen LogP contribution < -0.4 is 20.7 Å². The largest absolute Gasteiger partial charge is 0.480 e. The summed E-state index contributed by atoms with van der Waals surface area (Å²) < 4.78 is 26.0. The molecular formula is C19H29N5O6S2. The van der Waals surface area contributed by atoms with Crippen molar-refractivity contribution >= 4 is 45.1 Å². The van der Waals surface area contributed by atoms with Crippen LogP contribution in [-0.2, 0) is 26.0 Å². The summed E-state index contributed by atoms with van der Waals surface area (Å²) in [4.78, 5) is 41.1. The number of sulfonamides is 1. The minimum Gasteiger partial charge on any atom is -0.480 e. The highest BCUT2D eigenvalue weighted by Crippen LogP contribution is 2.18. The SMILES string of the molecule is CCCCS(=O)(=O)NC(CNC(=O)c1ccc(CCC(=O)NC2=NCCCN2)s1)C(=O)O. The molecule has 13 heteroatoms. The second-order valence-corrected chi connectivity index (χ2v) is 10.3. The Morgan fingerprint density at radius 1 is 1.31 bits per heavy atom. The minimum absolute atomic E-state index is 0.174. The predicted molar refractivity (Wildman–Crippen MR) is 121 cm³/mol. The highest BCUT2D eigenvalue weighted by Gasteiger charge is 2.24. The van der Waals surface area contributed by atoms with Crippen molar-refractivity contribution in [1.29, 1.82) is 0 Å². The van der Waals surface area contributed by atoms with Crippen molar-refractivity contribution in [2.45, 2.75) is 45.1 Å². The van der Waals surface area contributed by atoms with Gasteiger partial charge in [-0.25, -0.2) is 8.42 Å². The molecule has 0 spiro atoms. The van der Waals surface area contributed by atoms with E-state index in [-0.39, 0.29) is 24.6 Å². The van der Waals surface area contributed by atoms with Crippen LogP contribution >= 0.6 is 11.3 Å². The van der Waals surface area contributed by atoms with Crippen molar-refractivity contribution in [3.8, 4) is 0 Å². The van der Waals surface area contributed by atoms with Gasteiger partial charge in [-0.1, -0.05) is 13.3 Å². The number of unbranched alkanes of at least 4 members (excludes halogenated alkanes) is 1. The molecule has 2 amide bonds. The first-order chi connectivity index (χ1) is 15.2. The molecule has 1 aromatic heterocycles. The quantitative estimate of drug-likeness (QED) is 0.278. The van der Waals surface area contributed by atoms with Gasteiger partial charge >= 0.3 is 5.97 Å². The number of nitrogens with one attached hydrogen (secondary N) is 4. The fourth-order valence-electron chi connectivity index (χ4n) is 2.75. The number of carboxylic acids is 1. The Morgan fingerprint density at radius 2 is 2.09 bits per heavy atom. The number of carbonyl (C=O) groups excluding carboxylic acids is 2. The number of aliphatic carboxylic acids is 1. The van der Waals surface area contributed by atoms with Crippen molar-refractivity contribution < 1.29 is 27.9 Å². The van der Waals surface area contributed by atoms with Gasteiger partial charge in [-0.2, -0.15) is 4.72 Å². The minimum atomic E-state index is -3.75. The summed E-state index contributed by atoms with van der Waals surface area (Å²) in [6.07, 6.45) is 2.66. The monoisotopic (exact) mass is 487 g/mol. The van der Waals surface area contributed by atoms with E-state index in [9.17, 15) is 27.9 Å². The number of rotatable bonds is 12.